The average molecular weight is 842 g/mol. The van der Waals surface area contributed by atoms with Crippen molar-refractivity contribution in [2.45, 2.75) is 0 Å². The fourth-order valence-corrected chi connectivity index (χ4v) is 9.78. The molecular weight excluding hydrogens is 799 g/mol. The molecule has 0 aliphatic heterocycles. The van der Waals surface area contributed by atoms with Crippen LogP contribution < -0.4 is 4.90 Å². The van der Waals surface area contributed by atoms with Crippen molar-refractivity contribution in [3.63, 3.8) is 0 Å². The number of hydrogen-bond donors (Lipinski definition) is 0. The SMILES string of the molecule is c1ccc(-c2ccccc2-c2ccccc2-c2ccccc2-c2ccc(N(c3ccc(-c4cccc5ccccc45)cc3)c3ccc(-c4cccc5c4oc4ccccc45)cc3)cc2)cc1. The van der Waals surface area contributed by atoms with Gasteiger partial charge in [0.05, 0.1) is 0 Å². The van der Waals surface area contributed by atoms with Crippen LogP contribution in [0.5, 0.6) is 0 Å². The van der Waals surface area contributed by atoms with E-state index in [1.165, 1.54) is 60.8 Å². The molecule has 0 saturated carbocycles. The Bertz CT molecular complexity index is 3670. The maximum atomic E-state index is 6.46. The van der Waals surface area contributed by atoms with Crippen molar-refractivity contribution < 1.29 is 4.42 Å². The fourth-order valence-electron chi connectivity index (χ4n) is 9.78. The monoisotopic (exact) mass is 841 g/mol. The molecule has 2 heteroatoms. The first-order valence-electron chi connectivity index (χ1n) is 22.6. The van der Waals surface area contributed by atoms with Crippen LogP contribution in [0, 0.1) is 0 Å². The van der Waals surface area contributed by atoms with Gasteiger partial charge in [0.1, 0.15) is 11.2 Å². The van der Waals surface area contributed by atoms with Gasteiger partial charge < -0.3 is 9.32 Å². The molecule has 0 aliphatic carbocycles. The molecule has 0 radical (unpaired) electrons. The van der Waals surface area contributed by atoms with Crippen LogP contribution >= 0.6 is 0 Å². The smallest absolute Gasteiger partial charge is 0.143 e. The summed E-state index contributed by atoms with van der Waals surface area (Å²) in [6.45, 7) is 0. The molecule has 0 atom stereocenters. The van der Waals surface area contributed by atoms with Gasteiger partial charge in [-0.25, -0.2) is 0 Å². The second-order valence-electron chi connectivity index (χ2n) is 16.8. The summed E-state index contributed by atoms with van der Waals surface area (Å²) in [7, 11) is 0. The van der Waals surface area contributed by atoms with E-state index in [9.17, 15) is 0 Å². The molecule has 0 amide bonds. The first-order chi connectivity index (χ1) is 32.7. The Morgan fingerprint density at radius 3 is 1.18 bits per heavy atom. The third-order valence-corrected chi connectivity index (χ3v) is 12.9. The quantitative estimate of drug-likeness (QED) is 0.144. The summed E-state index contributed by atoms with van der Waals surface area (Å²) in [6.07, 6.45) is 0. The van der Waals surface area contributed by atoms with Crippen molar-refractivity contribution in [1.82, 2.24) is 0 Å². The number of fused-ring (bicyclic) bond motifs is 4. The molecule has 2 nitrogen and oxygen atoms in total. The van der Waals surface area contributed by atoms with Gasteiger partial charge in [-0.3, -0.25) is 0 Å². The molecule has 0 spiro atoms. The summed E-state index contributed by atoms with van der Waals surface area (Å²) in [6, 6.07) is 93.8. The van der Waals surface area contributed by atoms with E-state index in [-0.39, 0.29) is 0 Å². The molecule has 0 unspecified atom stereocenters. The Morgan fingerprint density at radius 1 is 0.227 bits per heavy atom. The molecule has 0 saturated heterocycles. The predicted octanol–water partition coefficient (Wildman–Crippen LogP) is 18.2. The van der Waals surface area contributed by atoms with Crippen molar-refractivity contribution in [1.29, 1.82) is 0 Å². The molecule has 66 heavy (non-hydrogen) atoms. The minimum absolute atomic E-state index is 0.901. The first-order valence-corrected chi connectivity index (χ1v) is 22.6. The van der Waals surface area contributed by atoms with Crippen LogP contribution in [0.15, 0.2) is 265 Å². The van der Waals surface area contributed by atoms with Crippen LogP contribution in [0.25, 0.3) is 99.5 Å². The topological polar surface area (TPSA) is 16.4 Å². The van der Waals surface area contributed by atoms with E-state index >= 15 is 0 Å². The van der Waals surface area contributed by atoms with Gasteiger partial charge in [-0.1, -0.05) is 218 Å². The Kier molecular flexibility index (Phi) is 9.89. The number of furan rings is 1. The third-order valence-electron chi connectivity index (χ3n) is 12.9. The average Bonchev–Trinajstić information content (AvgIpc) is 3.79. The number of anilines is 3. The van der Waals surface area contributed by atoms with Crippen LogP contribution in [0.2, 0.25) is 0 Å². The standard InChI is InChI=1S/C64H43NO/c1-2-16-44(17-3-1)54-21-6-8-23-57(54)59-25-10-11-26-60(59)58-24-9-7-22-55(58)47-34-40-50(41-35-47)65(49-38-32-46(33-39-49)53-28-14-19-45-18-4-5-20-52(45)53)51-42-36-48(37-43-51)56-29-15-30-62-61-27-12-13-31-63(61)66-64(56)62/h1-43H. The summed E-state index contributed by atoms with van der Waals surface area (Å²) in [5.41, 5.74) is 19.2. The maximum absolute atomic E-state index is 6.46. The summed E-state index contributed by atoms with van der Waals surface area (Å²) in [5.74, 6) is 0. The van der Waals surface area contributed by atoms with Crippen molar-refractivity contribution in [2.24, 2.45) is 0 Å². The molecule has 1 aromatic heterocycles. The van der Waals surface area contributed by atoms with E-state index in [2.05, 4.69) is 254 Å². The van der Waals surface area contributed by atoms with Gasteiger partial charge in [0.25, 0.3) is 0 Å². The number of para-hydroxylation sites is 2. The van der Waals surface area contributed by atoms with E-state index in [1.54, 1.807) is 0 Å². The zero-order valence-electron chi connectivity index (χ0n) is 36.2. The maximum Gasteiger partial charge on any atom is 0.143 e. The fraction of sp³-hybridized carbons (Fsp3) is 0. The lowest BCUT2D eigenvalue weighted by Gasteiger charge is -2.26. The molecular formula is C64H43NO. The van der Waals surface area contributed by atoms with Gasteiger partial charge in [-0.2, -0.15) is 0 Å². The number of nitrogens with zero attached hydrogens (tertiary/aromatic N) is 1. The molecule has 310 valence electrons. The summed E-state index contributed by atoms with van der Waals surface area (Å²) >= 11 is 0. The van der Waals surface area contributed by atoms with Gasteiger partial charge in [0, 0.05) is 33.4 Å². The zero-order valence-corrected chi connectivity index (χ0v) is 36.2. The molecule has 1 heterocycles. The summed E-state index contributed by atoms with van der Waals surface area (Å²) < 4.78 is 6.46. The van der Waals surface area contributed by atoms with Crippen LogP contribution in [0.3, 0.4) is 0 Å². The predicted molar refractivity (Wildman–Crippen MR) is 279 cm³/mol. The summed E-state index contributed by atoms with van der Waals surface area (Å²) in [4.78, 5) is 2.35. The second kappa shape index (κ2) is 16.8. The van der Waals surface area contributed by atoms with E-state index in [0.29, 0.717) is 0 Å². The largest absolute Gasteiger partial charge is 0.455 e. The Morgan fingerprint density at radius 2 is 0.591 bits per heavy atom. The van der Waals surface area contributed by atoms with Crippen molar-refractivity contribution in [3.05, 3.63) is 261 Å². The van der Waals surface area contributed by atoms with Gasteiger partial charge in [-0.05, 0) is 114 Å². The van der Waals surface area contributed by atoms with E-state index < -0.39 is 0 Å². The Balaban J connectivity index is 0.938. The van der Waals surface area contributed by atoms with E-state index in [4.69, 9.17) is 4.42 Å². The summed E-state index contributed by atoms with van der Waals surface area (Å²) in [5, 5.41) is 4.75. The Hall–Kier alpha value is -8.72. The van der Waals surface area contributed by atoms with Gasteiger partial charge in [0.2, 0.25) is 0 Å². The van der Waals surface area contributed by atoms with Crippen LogP contribution in [0.4, 0.5) is 17.1 Å². The number of hydrogen-bond acceptors (Lipinski definition) is 2. The minimum Gasteiger partial charge on any atom is -0.455 e. The van der Waals surface area contributed by atoms with Crippen LogP contribution in [-0.4, -0.2) is 0 Å². The highest BCUT2D eigenvalue weighted by atomic mass is 16.3. The van der Waals surface area contributed by atoms with Crippen molar-refractivity contribution >= 4 is 49.8 Å². The Labute approximate surface area is 384 Å². The lowest BCUT2D eigenvalue weighted by molar-refractivity contribution is 0.670. The molecule has 0 aliphatic rings. The molecule has 11 aromatic carbocycles. The van der Waals surface area contributed by atoms with E-state index in [0.717, 1.165) is 55.7 Å². The highest BCUT2D eigenvalue weighted by molar-refractivity contribution is 6.09. The third kappa shape index (κ3) is 7.02. The first kappa shape index (κ1) is 38.9. The zero-order chi connectivity index (χ0) is 43.8. The highest BCUT2D eigenvalue weighted by Crippen LogP contribution is 2.44. The van der Waals surface area contributed by atoms with Crippen LogP contribution in [0.1, 0.15) is 0 Å². The molecule has 12 rings (SSSR count). The molecule has 0 fully saturated rings. The van der Waals surface area contributed by atoms with Crippen LogP contribution in [-0.2, 0) is 0 Å². The molecule has 0 bridgehead atoms. The molecule has 12 aromatic rings. The second-order valence-corrected chi connectivity index (χ2v) is 16.8. The minimum atomic E-state index is 0.901. The molecule has 0 N–H and O–H groups in total. The lowest BCUT2D eigenvalue weighted by Crippen LogP contribution is -2.09. The van der Waals surface area contributed by atoms with E-state index in [1.807, 2.05) is 12.1 Å². The normalized spacial score (nSPS) is 11.3. The number of rotatable bonds is 9. The number of benzene rings is 11. The van der Waals surface area contributed by atoms with Gasteiger partial charge >= 0.3 is 0 Å². The highest BCUT2D eigenvalue weighted by Gasteiger charge is 2.19. The lowest BCUT2D eigenvalue weighted by atomic mass is 9.87. The van der Waals surface area contributed by atoms with Gasteiger partial charge in [0.15, 0.2) is 0 Å². The van der Waals surface area contributed by atoms with Crippen molar-refractivity contribution in [2.75, 3.05) is 4.90 Å². The van der Waals surface area contributed by atoms with Crippen molar-refractivity contribution in [3.8, 4) is 66.8 Å². The van der Waals surface area contributed by atoms with Gasteiger partial charge in [-0.15, -0.1) is 0 Å².